The van der Waals surface area contributed by atoms with Crippen LogP contribution in [0.25, 0.3) is 5.57 Å². The van der Waals surface area contributed by atoms with Gasteiger partial charge < -0.3 is 5.32 Å². The standard InChI is InChI=1S/C27H29N3O3S2/c1-4-5-6-9-15-29-26(33)24(35-27(29)34)22-19-13-7-8-14-20(19)30(25(22)32)16-21(31)28-23-17(2)11-10-12-18(23)3/h7-8,10-14H,4-6,9,15-16H2,1-3H3,(H,28,31). The van der Waals surface area contributed by atoms with Crippen molar-refractivity contribution in [2.24, 2.45) is 0 Å². The lowest BCUT2D eigenvalue weighted by molar-refractivity contribution is -0.122. The fourth-order valence-electron chi connectivity index (χ4n) is 4.43. The summed E-state index contributed by atoms with van der Waals surface area (Å²) in [5.74, 6) is -0.874. The van der Waals surface area contributed by atoms with Crippen molar-refractivity contribution < 1.29 is 14.4 Å². The van der Waals surface area contributed by atoms with Crippen molar-refractivity contribution in [3.05, 3.63) is 64.1 Å². The second kappa shape index (κ2) is 10.7. The van der Waals surface area contributed by atoms with Crippen LogP contribution in [-0.4, -0.2) is 40.0 Å². The van der Waals surface area contributed by atoms with Crippen molar-refractivity contribution in [2.45, 2.75) is 46.5 Å². The molecule has 0 aromatic heterocycles. The molecule has 0 atom stereocenters. The van der Waals surface area contributed by atoms with Gasteiger partial charge in [0.1, 0.15) is 10.9 Å². The zero-order valence-corrected chi connectivity index (χ0v) is 21.9. The molecule has 0 aliphatic carbocycles. The number of carbonyl (C=O) groups excluding carboxylic acids is 3. The summed E-state index contributed by atoms with van der Waals surface area (Å²) in [6.45, 7) is 6.41. The SMILES string of the molecule is CCCCCCN1C(=O)C(=C2C(=O)N(CC(=O)Nc3c(C)cccc3C)c3ccccc32)SC1=S. The number of carbonyl (C=O) groups is 3. The zero-order valence-electron chi connectivity index (χ0n) is 20.2. The number of thiocarbonyl (C=S) groups is 1. The van der Waals surface area contributed by atoms with Crippen molar-refractivity contribution in [3.63, 3.8) is 0 Å². The average Bonchev–Trinajstić information content (AvgIpc) is 3.26. The van der Waals surface area contributed by atoms with Gasteiger partial charge in [0.15, 0.2) is 0 Å². The van der Waals surface area contributed by atoms with Crippen LogP contribution in [0.2, 0.25) is 0 Å². The summed E-state index contributed by atoms with van der Waals surface area (Å²) in [4.78, 5) is 43.2. The lowest BCUT2D eigenvalue weighted by Gasteiger charge is -2.18. The molecule has 8 heteroatoms. The Morgan fingerprint density at radius 3 is 2.37 bits per heavy atom. The Morgan fingerprint density at radius 1 is 0.943 bits per heavy atom. The number of nitrogens with one attached hydrogen (secondary N) is 1. The van der Waals surface area contributed by atoms with E-state index in [0.29, 0.717) is 32.6 Å². The molecule has 0 radical (unpaired) electrons. The van der Waals surface area contributed by atoms with Crippen LogP contribution in [-0.2, 0) is 14.4 Å². The number of hydrogen-bond donors (Lipinski definition) is 1. The number of unbranched alkanes of at least 4 members (excludes halogenated alkanes) is 3. The topological polar surface area (TPSA) is 69.7 Å². The third-order valence-corrected chi connectivity index (χ3v) is 7.73. The molecule has 1 saturated heterocycles. The summed E-state index contributed by atoms with van der Waals surface area (Å²) >= 11 is 6.66. The summed E-state index contributed by atoms with van der Waals surface area (Å²) in [7, 11) is 0. The highest BCUT2D eigenvalue weighted by molar-refractivity contribution is 8.26. The van der Waals surface area contributed by atoms with E-state index in [2.05, 4.69) is 12.2 Å². The van der Waals surface area contributed by atoms with Gasteiger partial charge >= 0.3 is 0 Å². The van der Waals surface area contributed by atoms with E-state index in [9.17, 15) is 14.4 Å². The van der Waals surface area contributed by atoms with Gasteiger partial charge in [-0.2, -0.15) is 0 Å². The molecule has 0 unspecified atom stereocenters. The van der Waals surface area contributed by atoms with Crippen molar-refractivity contribution >= 4 is 63.0 Å². The van der Waals surface area contributed by atoms with Gasteiger partial charge in [0, 0.05) is 17.8 Å². The van der Waals surface area contributed by atoms with Crippen molar-refractivity contribution in [3.8, 4) is 0 Å². The number of hydrogen-bond acceptors (Lipinski definition) is 5. The molecule has 35 heavy (non-hydrogen) atoms. The number of benzene rings is 2. The third-order valence-electron chi connectivity index (χ3n) is 6.28. The van der Waals surface area contributed by atoms with Gasteiger partial charge in [-0.3, -0.25) is 24.2 Å². The number of aryl methyl sites for hydroxylation is 2. The Morgan fingerprint density at radius 2 is 1.66 bits per heavy atom. The summed E-state index contributed by atoms with van der Waals surface area (Å²) in [6.07, 6.45) is 4.13. The lowest BCUT2D eigenvalue weighted by atomic mass is 10.1. The van der Waals surface area contributed by atoms with Crippen molar-refractivity contribution in [1.82, 2.24) is 4.90 Å². The van der Waals surface area contributed by atoms with Gasteiger partial charge in [0.2, 0.25) is 5.91 Å². The molecule has 0 spiro atoms. The van der Waals surface area contributed by atoms with E-state index in [1.54, 1.807) is 11.0 Å². The summed E-state index contributed by atoms with van der Waals surface area (Å²) in [5.41, 5.74) is 4.27. The van der Waals surface area contributed by atoms with Crippen LogP contribution in [0.5, 0.6) is 0 Å². The van der Waals surface area contributed by atoms with E-state index in [1.165, 1.54) is 16.7 Å². The molecule has 6 nitrogen and oxygen atoms in total. The number of nitrogens with zero attached hydrogens (tertiary/aromatic N) is 2. The summed E-state index contributed by atoms with van der Waals surface area (Å²) < 4.78 is 0.477. The van der Waals surface area contributed by atoms with E-state index < -0.39 is 0 Å². The van der Waals surface area contributed by atoms with Gasteiger partial charge in [0.25, 0.3) is 11.8 Å². The van der Waals surface area contributed by atoms with Crippen LogP contribution in [0.15, 0.2) is 47.4 Å². The molecule has 1 fully saturated rings. The Labute approximate surface area is 215 Å². The van der Waals surface area contributed by atoms with Crippen LogP contribution < -0.4 is 10.2 Å². The fourth-order valence-corrected chi connectivity index (χ4v) is 5.81. The molecule has 2 aliphatic heterocycles. The Hall–Kier alpha value is -2.97. The van der Waals surface area contributed by atoms with Crippen LogP contribution in [0.1, 0.15) is 49.3 Å². The molecule has 2 heterocycles. The third kappa shape index (κ3) is 5.04. The molecule has 2 aromatic rings. The highest BCUT2D eigenvalue weighted by atomic mass is 32.2. The molecule has 0 saturated carbocycles. The van der Waals surface area contributed by atoms with E-state index >= 15 is 0 Å². The summed E-state index contributed by atoms with van der Waals surface area (Å²) in [5, 5.41) is 2.95. The van der Waals surface area contributed by atoms with Gasteiger partial charge in [-0.05, 0) is 37.5 Å². The number of amides is 3. The molecule has 4 rings (SSSR count). The van der Waals surface area contributed by atoms with E-state index in [1.807, 2.05) is 50.2 Å². The lowest BCUT2D eigenvalue weighted by Crippen LogP contribution is -2.36. The maximum Gasteiger partial charge on any atom is 0.267 e. The predicted molar refractivity (Wildman–Crippen MR) is 146 cm³/mol. The van der Waals surface area contributed by atoms with E-state index in [0.717, 1.165) is 42.5 Å². The smallest absolute Gasteiger partial charge is 0.267 e. The molecule has 2 aliphatic rings. The van der Waals surface area contributed by atoms with Crippen molar-refractivity contribution in [2.75, 3.05) is 23.3 Å². The maximum atomic E-state index is 13.6. The first-order valence-electron chi connectivity index (χ1n) is 11.9. The second-order valence-corrected chi connectivity index (χ2v) is 10.5. The molecule has 0 bridgehead atoms. The minimum absolute atomic E-state index is 0.148. The maximum absolute atomic E-state index is 13.6. The van der Waals surface area contributed by atoms with Crippen LogP contribution in [0.3, 0.4) is 0 Å². The van der Waals surface area contributed by atoms with Crippen LogP contribution in [0, 0.1) is 13.8 Å². The first-order valence-corrected chi connectivity index (χ1v) is 13.1. The van der Waals surface area contributed by atoms with E-state index in [4.69, 9.17) is 12.2 Å². The second-order valence-electron chi connectivity index (χ2n) is 8.81. The molecule has 3 amide bonds. The molecular weight excluding hydrogens is 478 g/mol. The van der Waals surface area contributed by atoms with Crippen LogP contribution >= 0.6 is 24.0 Å². The number of fused-ring (bicyclic) bond motifs is 1. The molecule has 1 N–H and O–H groups in total. The van der Waals surface area contributed by atoms with Crippen molar-refractivity contribution in [1.29, 1.82) is 0 Å². The quantitative estimate of drug-likeness (QED) is 0.293. The van der Waals surface area contributed by atoms with Gasteiger partial charge in [-0.1, -0.05) is 86.6 Å². The summed E-state index contributed by atoms with van der Waals surface area (Å²) in [6, 6.07) is 13.1. The Bertz CT molecular complexity index is 1220. The Kier molecular flexibility index (Phi) is 7.72. The van der Waals surface area contributed by atoms with Gasteiger partial charge in [-0.25, -0.2) is 0 Å². The van der Waals surface area contributed by atoms with Crippen LogP contribution in [0.4, 0.5) is 11.4 Å². The minimum atomic E-state index is -0.352. The predicted octanol–water partition coefficient (Wildman–Crippen LogP) is 5.44. The fraction of sp³-hybridized carbons (Fsp3) is 0.333. The van der Waals surface area contributed by atoms with Gasteiger partial charge in [-0.15, -0.1) is 0 Å². The molecule has 182 valence electrons. The molecule has 2 aromatic carbocycles. The average molecular weight is 508 g/mol. The Balaban J connectivity index is 1.59. The first kappa shape index (κ1) is 25.1. The first-order chi connectivity index (χ1) is 16.8. The highest BCUT2D eigenvalue weighted by Gasteiger charge is 2.42. The highest BCUT2D eigenvalue weighted by Crippen LogP contribution is 2.44. The van der Waals surface area contributed by atoms with Gasteiger partial charge in [0.05, 0.1) is 16.2 Å². The monoisotopic (exact) mass is 507 g/mol. The number of anilines is 2. The van der Waals surface area contributed by atoms with E-state index in [-0.39, 0.29) is 24.3 Å². The number of rotatable bonds is 8. The normalized spacial score (nSPS) is 17.4. The number of thioether (sulfide) groups is 1. The largest absolute Gasteiger partial charge is 0.324 e. The number of para-hydroxylation sites is 2. The minimum Gasteiger partial charge on any atom is -0.324 e. The molecular formula is C27H29N3O3S2. The zero-order chi connectivity index (χ0) is 25.1.